The van der Waals surface area contributed by atoms with E-state index in [0.717, 1.165) is 53.1 Å². The van der Waals surface area contributed by atoms with E-state index in [2.05, 4.69) is 0 Å². The van der Waals surface area contributed by atoms with E-state index >= 15 is 8.78 Å². The van der Waals surface area contributed by atoms with E-state index in [4.69, 9.17) is 27.9 Å². The van der Waals surface area contributed by atoms with Crippen LogP contribution >= 0.6 is 23.2 Å². The molecule has 0 atom stereocenters. The first-order valence-electron chi connectivity index (χ1n) is 16.2. The fourth-order valence-electron chi connectivity index (χ4n) is 5.72. The number of benzene rings is 4. The minimum absolute atomic E-state index is 0.0620. The molecule has 5 rings (SSSR count). The van der Waals surface area contributed by atoms with Gasteiger partial charge in [0.15, 0.2) is 28.2 Å². The maximum atomic E-state index is 15.1. The lowest BCUT2D eigenvalue weighted by atomic mass is 9.84. The highest BCUT2D eigenvalue weighted by Crippen LogP contribution is 2.42. The van der Waals surface area contributed by atoms with Crippen molar-refractivity contribution in [2.45, 2.75) is 62.9 Å². The molecule has 0 radical (unpaired) electrons. The maximum Gasteiger partial charge on any atom is 0.335 e. The summed E-state index contributed by atoms with van der Waals surface area (Å²) in [5, 5.41) is 8.63. The Morgan fingerprint density at radius 2 is 1.43 bits per heavy atom. The van der Waals surface area contributed by atoms with Gasteiger partial charge < -0.3 is 14.7 Å². The number of hydrogen-bond acceptors (Lipinski definition) is 5. The Hall–Kier alpha value is -4.31. The van der Waals surface area contributed by atoms with Crippen molar-refractivity contribution in [3.8, 4) is 5.75 Å². The molecule has 0 heterocycles. The molecule has 8 nitrogen and oxygen atoms in total. The van der Waals surface area contributed by atoms with Crippen LogP contribution in [0.25, 0.3) is 0 Å². The van der Waals surface area contributed by atoms with Crippen molar-refractivity contribution in [1.29, 1.82) is 0 Å². The molecule has 54 heavy (non-hydrogen) atoms. The summed E-state index contributed by atoms with van der Waals surface area (Å²) in [6.07, 6.45) is 1.86. The summed E-state index contributed by atoms with van der Waals surface area (Å²) in [6, 6.07) is 10.7. The summed E-state index contributed by atoms with van der Waals surface area (Å²) >= 11 is 12.3. The minimum Gasteiger partial charge on any atom is -0.495 e. The van der Waals surface area contributed by atoms with Gasteiger partial charge in [-0.2, -0.15) is 4.31 Å². The molecule has 1 amide bonds. The van der Waals surface area contributed by atoms with Crippen molar-refractivity contribution in [3.05, 3.63) is 121 Å². The number of aromatic carboxylic acids is 1. The number of nitrogens with zero attached hydrogens (tertiary/aromatic N) is 2. The number of carboxylic acid groups (broad SMARTS) is 1. The van der Waals surface area contributed by atoms with Crippen LogP contribution in [0.15, 0.2) is 53.4 Å². The van der Waals surface area contributed by atoms with Crippen molar-refractivity contribution in [2.75, 3.05) is 18.6 Å². The predicted molar refractivity (Wildman–Crippen MR) is 189 cm³/mol. The monoisotopic (exact) mass is 816 g/mol. The molecule has 0 unspecified atom stereocenters. The maximum absolute atomic E-state index is 15.1. The molecule has 17 heteroatoms. The van der Waals surface area contributed by atoms with Gasteiger partial charge in [-0.25, -0.2) is 39.6 Å². The molecule has 1 N–H and O–H groups in total. The highest BCUT2D eigenvalue weighted by atomic mass is 35.5. The average Bonchev–Trinajstić information content (AvgIpc) is 3.95. The van der Waals surface area contributed by atoms with Crippen LogP contribution < -0.4 is 9.64 Å². The molecule has 1 aliphatic carbocycles. The lowest BCUT2D eigenvalue weighted by Crippen LogP contribution is -2.43. The van der Waals surface area contributed by atoms with Crippen LogP contribution in [-0.4, -0.2) is 43.4 Å². The number of anilines is 1. The number of carbonyl (C=O) groups excluding carboxylic acids is 1. The smallest absolute Gasteiger partial charge is 0.335 e. The highest BCUT2D eigenvalue weighted by molar-refractivity contribution is 7.89. The van der Waals surface area contributed by atoms with Gasteiger partial charge in [0.25, 0.3) is 0 Å². The van der Waals surface area contributed by atoms with Gasteiger partial charge in [-0.1, -0.05) is 62.2 Å². The fourth-order valence-corrected chi connectivity index (χ4v) is 7.77. The molecule has 288 valence electrons. The summed E-state index contributed by atoms with van der Waals surface area (Å²) in [4.78, 5) is 25.1. The van der Waals surface area contributed by atoms with Crippen LogP contribution in [0.3, 0.4) is 0 Å². The van der Waals surface area contributed by atoms with Crippen LogP contribution in [0.5, 0.6) is 5.75 Å². The lowest BCUT2D eigenvalue weighted by Gasteiger charge is -2.30. The van der Waals surface area contributed by atoms with Crippen molar-refractivity contribution in [3.63, 3.8) is 0 Å². The van der Waals surface area contributed by atoms with Gasteiger partial charge in [-0.3, -0.25) is 4.79 Å². The molecule has 0 aliphatic heterocycles. The number of carbonyl (C=O) groups is 2. The number of halogens is 8. The topological polar surface area (TPSA) is 104 Å². The number of rotatable bonds is 12. The van der Waals surface area contributed by atoms with Gasteiger partial charge in [-0.05, 0) is 71.2 Å². The summed E-state index contributed by atoms with van der Waals surface area (Å²) in [5.41, 5.74) is 1.41. The first kappa shape index (κ1) is 40.9. The summed E-state index contributed by atoms with van der Waals surface area (Å²) in [6.45, 7) is 3.19. The number of methoxy groups -OCH3 is 1. The van der Waals surface area contributed by atoms with Crippen molar-refractivity contribution in [1.82, 2.24) is 4.31 Å². The second kappa shape index (κ2) is 15.4. The molecule has 1 saturated carbocycles. The Labute approximate surface area is 316 Å². The second-order valence-corrected chi connectivity index (χ2v) is 16.4. The van der Waals surface area contributed by atoms with Gasteiger partial charge in [0.2, 0.25) is 21.7 Å². The molecule has 0 bridgehead atoms. The molecule has 1 aliphatic rings. The van der Waals surface area contributed by atoms with Gasteiger partial charge in [0, 0.05) is 22.2 Å². The predicted octanol–water partition coefficient (Wildman–Crippen LogP) is 9.13. The zero-order chi connectivity index (χ0) is 40.0. The third-order valence-corrected chi connectivity index (χ3v) is 11.3. The first-order chi connectivity index (χ1) is 25.1. The van der Waals surface area contributed by atoms with Gasteiger partial charge in [0.05, 0.1) is 31.5 Å². The molecule has 0 spiro atoms. The molecule has 0 saturated heterocycles. The Morgan fingerprint density at radius 1 is 0.852 bits per heavy atom. The van der Waals surface area contributed by atoms with Gasteiger partial charge >= 0.3 is 5.97 Å². The normalized spacial score (nSPS) is 13.4. The first-order valence-corrected chi connectivity index (χ1v) is 18.4. The van der Waals surface area contributed by atoms with Gasteiger partial charge in [-0.15, -0.1) is 0 Å². The zero-order valence-electron chi connectivity index (χ0n) is 29.0. The van der Waals surface area contributed by atoms with Crippen molar-refractivity contribution in [2.24, 2.45) is 0 Å². The minimum atomic E-state index is -5.85. The standard InChI is InChI=1S/C37H32Cl2F6N2O6S/c1-37(2,3)22-10-18(9-21(11-22)19-5-6-19)15-47(27-8-7-20(36(49)50)12-28(27)53-4)29(48)17-46(16-24-25(38)13-23(40)14-26(24)39)54(51,52)35-33(44)31(42)30(41)32(43)34(35)45/h7-14,19H,5-6,15-17H2,1-4H3,(H,49,50). The van der Waals surface area contributed by atoms with Crippen LogP contribution in [-0.2, 0) is 33.3 Å². The number of amides is 1. The quantitative estimate of drug-likeness (QED) is 0.0870. The lowest BCUT2D eigenvalue weighted by molar-refractivity contribution is -0.119. The largest absolute Gasteiger partial charge is 0.495 e. The van der Waals surface area contributed by atoms with E-state index in [-0.39, 0.29) is 44.7 Å². The van der Waals surface area contributed by atoms with Crippen LogP contribution in [0, 0.1) is 34.9 Å². The Kier molecular flexibility index (Phi) is 11.7. The summed E-state index contributed by atoms with van der Waals surface area (Å²) in [5.74, 6) is -16.5. The molecule has 4 aromatic carbocycles. The number of sulfonamides is 1. The SMILES string of the molecule is COc1cc(C(=O)O)ccc1N(Cc1cc(C2CC2)cc(C(C)(C)C)c1)C(=O)CN(Cc1c(Cl)cc(F)cc1Cl)S(=O)(=O)c1c(F)c(F)c(F)c(F)c1F. The van der Waals surface area contributed by atoms with E-state index in [1.165, 1.54) is 13.2 Å². The molecule has 4 aromatic rings. The third kappa shape index (κ3) is 8.33. The van der Waals surface area contributed by atoms with Crippen LogP contribution in [0.2, 0.25) is 10.0 Å². The molecule has 0 aromatic heterocycles. The molecular weight excluding hydrogens is 785 g/mol. The zero-order valence-corrected chi connectivity index (χ0v) is 31.4. The fraction of sp³-hybridized carbons (Fsp3) is 0.297. The van der Waals surface area contributed by atoms with Crippen molar-refractivity contribution >= 4 is 50.8 Å². The summed E-state index contributed by atoms with van der Waals surface area (Å²) in [7, 11) is -4.66. The number of carboxylic acids is 1. The number of hydrogen-bond donors (Lipinski definition) is 1. The number of ether oxygens (including phenoxy) is 1. The van der Waals surface area contributed by atoms with E-state index in [1.807, 2.05) is 39.0 Å². The Balaban J connectivity index is 1.70. The summed E-state index contributed by atoms with van der Waals surface area (Å²) < 4.78 is 121. The van der Waals surface area contributed by atoms with Gasteiger partial charge in [0.1, 0.15) is 11.6 Å². The van der Waals surface area contributed by atoms with E-state index < -0.39 is 84.8 Å². The van der Waals surface area contributed by atoms with E-state index in [9.17, 15) is 40.7 Å². The van der Waals surface area contributed by atoms with Crippen LogP contribution in [0.1, 0.15) is 72.1 Å². The van der Waals surface area contributed by atoms with E-state index in [1.54, 1.807) is 0 Å². The highest BCUT2D eigenvalue weighted by Gasteiger charge is 2.39. The Bertz CT molecular complexity index is 2230. The molecular formula is C37H32Cl2F6N2O6S. The average molecular weight is 818 g/mol. The van der Waals surface area contributed by atoms with Crippen LogP contribution in [0.4, 0.5) is 32.0 Å². The van der Waals surface area contributed by atoms with Crippen molar-refractivity contribution < 1.29 is 54.2 Å². The second-order valence-electron chi connectivity index (χ2n) is 13.7. The Morgan fingerprint density at radius 3 is 1.94 bits per heavy atom. The molecule has 1 fully saturated rings. The third-order valence-electron chi connectivity index (χ3n) is 8.81. The van der Waals surface area contributed by atoms with E-state index in [0.29, 0.717) is 5.56 Å².